The molecular formula is C12H14O4. The molecule has 16 heavy (non-hydrogen) atoms. The van der Waals surface area contributed by atoms with Crippen LogP contribution in [0, 0.1) is 0 Å². The Kier molecular flexibility index (Phi) is 2.17. The van der Waals surface area contributed by atoms with E-state index in [1.54, 1.807) is 12.1 Å². The molecule has 0 amide bonds. The van der Waals surface area contributed by atoms with Crippen molar-refractivity contribution in [1.82, 2.24) is 0 Å². The zero-order valence-electron chi connectivity index (χ0n) is 9.10. The molecule has 2 atom stereocenters. The molecule has 0 radical (unpaired) electrons. The summed E-state index contributed by atoms with van der Waals surface area (Å²) in [6.07, 6.45) is 1.10. The molecule has 0 bridgehead atoms. The summed E-state index contributed by atoms with van der Waals surface area (Å²) in [6.45, 7) is 1.42. The van der Waals surface area contributed by atoms with Gasteiger partial charge in [0.1, 0.15) is 11.9 Å². The number of hydrogen-bond acceptors (Lipinski definition) is 4. The molecule has 1 N–H and O–H groups in total. The number of aromatic hydroxyl groups is 1. The third-order valence-corrected chi connectivity index (χ3v) is 3.28. The number of phenolic OH excluding ortho intramolecular Hbond substituents is 1. The molecule has 0 saturated carbocycles. The molecule has 4 nitrogen and oxygen atoms in total. The van der Waals surface area contributed by atoms with E-state index in [0.29, 0.717) is 12.4 Å². The van der Waals surface area contributed by atoms with Crippen molar-refractivity contribution >= 4 is 0 Å². The van der Waals surface area contributed by atoms with Gasteiger partial charge in [0, 0.05) is 24.0 Å². The molecular weight excluding hydrogens is 208 g/mol. The molecule has 2 heterocycles. The van der Waals surface area contributed by atoms with Crippen molar-refractivity contribution in [1.29, 1.82) is 0 Å². The normalized spacial score (nSPS) is 26.8. The second-order valence-electron chi connectivity index (χ2n) is 4.19. The standard InChI is InChI=1S/C12H14O4/c1-14-12-5-11-7(4-9(12)13)8-6-15-3-2-10(8)16-11/h4-5,8,10,13H,2-3,6H2,1H3. The molecule has 0 spiro atoms. The monoisotopic (exact) mass is 222 g/mol. The Balaban J connectivity index is 2.02. The lowest BCUT2D eigenvalue weighted by atomic mass is 9.93. The average Bonchev–Trinajstić information content (AvgIpc) is 2.66. The van der Waals surface area contributed by atoms with Crippen molar-refractivity contribution < 1.29 is 19.3 Å². The maximum atomic E-state index is 9.74. The molecule has 1 fully saturated rings. The number of benzene rings is 1. The largest absolute Gasteiger partial charge is 0.504 e. The maximum absolute atomic E-state index is 9.74. The Bertz CT molecular complexity index is 416. The molecule has 2 aliphatic rings. The van der Waals surface area contributed by atoms with Crippen LogP contribution in [0.5, 0.6) is 17.2 Å². The van der Waals surface area contributed by atoms with Gasteiger partial charge in [-0.1, -0.05) is 0 Å². The van der Waals surface area contributed by atoms with Gasteiger partial charge in [-0.25, -0.2) is 0 Å². The molecule has 86 valence electrons. The van der Waals surface area contributed by atoms with Gasteiger partial charge in [-0.3, -0.25) is 0 Å². The van der Waals surface area contributed by atoms with Gasteiger partial charge in [-0.05, 0) is 6.07 Å². The highest BCUT2D eigenvalue weighted by atomic mass is 16.5. The fraction of sp³-hybridized carbons (Fsp3) is 0.500. The van der Waals surface area contributed by atoms with Crippen molar-refractivity contribution in [2.75, 3.05) is 20.3 Å². The van der Waals surface area contributed by atoms with E-state index >= 15 is 0 Å². The van der Waals surface area contributed by atoms with Crippen molar-refractivity contribution in [2.45, 2.75) is 18.4 Å². The van der Waals surface area contributed by atoms with E-state index in [1.165, 1.54) is 7.11 Å². The highest BCUT2D eigenvalue weighted by molar-refractivity contribution is 5.53. The van der Waals surface area contributed by atoms with E-state index in [2.05, 4.69) is 0 Å². The van der Waals surface area contributed by atoms with Gasteiger partial charge < -0.3 is 19.3 Å². The summed E-state index contributed by atoms with van der Waals surface area (Å²) in [5.41, 5.74) is 1.03. The Morgan fingerprint density at radius 2 is 2.31 bits per heavy atom. The second kappa shape index (κ2) is 3.56. The summed E-state index contributed by atoms with van der Waals surface area (Å²) in [6, 6.07) is 3.48. The first kappa shape index (κ1) is 9.78. The summed E-state index contributed by atoms with van der Waals surface area (Å²) >= 11 is 0. The molecule has 4 heteroatoms. The fourth-order valence-electron chi connectivity index (χ4n) is 2.43. The zero-order chi connectivity index (χ0) is 11.1. The summed E-state index contributed by atoms with van der Waals surface area (Å²) in [5.74, 6) is 1.69. The van der Waals surface area contributed by atoms with Crippen LogP contribution in [0.3, 0.4) is 0 Å². The van der Waals surface area contributed by atoms with Gasteiger partial charge in [0.05, 0.1) is 20.3 Å². The molecule has 1 saturated heterocycles. The third kappa shape index (κ3) is 1.33. The Hall–Kier alpha value is -1.42. The molecule has 1 aromatic carbocycles. The second-order valence-corrected chi connectivity index (χ2v) is 4.19. The van der Waals surface area contributed by atoms with Crippen molar-refractivity contribution in [2.24, 2.45) is 0 Å². The maximum Gasteiger partial charge on any atom is 0.164 e. The van der Waals surface area contributed by atoms with Gasteiger partial charge in [-0.2, -0.15) is 0 Å². The van der Waals surface area contributed by atoms with Crippen LogP contribution in [-0.2, 0) is 4.74 Å². The first-order chi connectivity index (χ1) is 7.79. The predicted octanol–water partition coefficient (Wildman–Crippen LogP) is 1.67. The van der Waals surface area contributed by atoms with Crippen LogP contribution in [0.25, 0.3) is 0 Å². The quantitative estimate of drug-likeness (QED) is 0.785. The Morgan fingerprint density at radius 3 is 3.12 bits per heavy atom. The predicted molar refractivity (Wildman–Crippen MR) is 57.3 cm³/mol. The lowest BCUT2D eigenvalue weighted by Crippen LogP contribution is -2.29. The lowest BCUT2D eigenvalue weighted by molar-refractivity contribution is 0.0225. The van der Waals surface area contributed by atoms with Gasteiger partial charge in [-0.15, -0.1) is 0 Å². The van der Waals surface area contributed by atoms with Crippen LogP contribution < -0.4 is 9.47 Å². The minimum Gasteiger partial charge on any atom is -0.504 e. The van der Waals surface area contributed by atoms with E-state index < -0.39 is 0 Å². The van der Waals surface area contributed by atoms with E-state index in [9.17, 15) is 5.11 Å². The molecule has 0 aliphatic carbocycles. The zero-order valence-corrected chi connectivity index (χ0v) is 9.10. The SMILES string of the molecule is COc1cc2c(cc1O)C1COCCC1O2. The van der Waals surface area contributed by atoms with E-state index in [4.69, 9.17) is 14.2 Å². The van der Waals surface area contributed by atoms with Crippen LogP contribution in [0.2, 0.25) is 0 Å². The summed E-state index contributed by atoms with van der Waals surface area (Å²) in [7, 11) is 1.53. The molecule has 1 aromatic rings. The van der Waals surface area contributed by atoms with Crippen molar-refractivity contribution in [3.05, 3.63) is 17.7 Å². The van der Waals surface area contributed by atoms with Crippen LogP contribution >= 0.6 is 0 Å². The molecule has 2 unspecified atom stereocenters. The van der Waals surface area contributed by atoms with Gasteiger partial charge >= 0.3 is 0 Å². The van der Waals surface area contributed by atoms with Crippen LogP contribution in [0.1, 0.15) is 17.9 Å². The van der Waals surface area contributed by atoms with Crippen molar-refractivity contribution in [3.63, 3.8) is 0 Å². The van der Waals surface area contributed by atoms with Crippen LogP contribution in [0.15, 0.2) is 12.1 Å². The summed E-state index contributed by atoms with van der Waals surface area (Å²) < 4.78 is 16.3. The first-order valence-corrected chi connectivity index (χ1v) is 5.45. The fourth-order valence-corrected chi connectivity index (χ4v) is 2.43. The Labute approximate surface area is 93.7 Å². The topological polar surface area (TPSA) is 47.9 Å². The minimum atomic E-state index is 0.163. The van der Waals surface area contributed by atoms with Gasteiger partial charge in [0.25, 0.3) is 0 Å². The van der Waals surface area contributed by atoms with Gasteiger partial charge in [0.2, 0.25) is 0 Å². The Morgan fingerprint density at radius 1 is 1.44 bits per heavy atom. The van der Waals surface area contributed by atoms with E-state index in [-0.39, 0.29) is 17.8 Å². The number of ether oxygens (including phenoxy) is 3. The minimum absolute atomic E-state index is 0.163. The molecule has 3 rings (SSSR count). The average molecular weight is 222 g/mol. The summed E-state index contributed by atoms with van der Waals surface area (Å²) in [5, 5.41) is 9.74. The molecule has 2 aliphatic heterocycles. The number of fused-ring (bicyclic) bond motifs is 3. The van der Waals surface area contributed by atoms with E-state index in [1.807, 2.05) is 0 Å². The van der Waals surface area contributed by atoms with Crippen molar-refractivity contribution in [3.8, 4) is 17.2 Å². The summed E-state index contributed by atoms with van der Waals surface area (Å²) in [4.78, 5) is 0. The number of phenols is 1. The number of methoxy groups -OCH3 is 1. The molecule has 0 aromatic heterocycles. The van der Waals surface area contributed by atoms with Crippen LogP contribution in [0.4, 0.5) is 0 Å². The first-order valence-electron chi connectivity index (χ1n) is 5.45. The smallest absolute Gasteiger partial charge is 0.164 e. The highest BCUT2D eigenvalue weighted by Gasteiger charge is 2.37. The number of rotatable bonds is 1. The third-order valence-electron chi connectivity index (χ3n) is 3.28. The van der Waals surface area contributed by atoms with Crippen LogP contribution in [-0.4, -0.2) is 31.5 Å². The van der Waals surface area contributed by atoms with E-state index in [0.717, 1.165) is 24.3 Å². The van der Waals surface area contributed by atoms with Gasteiger partial charge in [0.15, 0.2) is 11.5 Å². The lowest BCUT2D eigenvalue weighted by Gasteiger charge is -2.24. The number of hydrogen-bond donors (Lipinski definition) is 1. The highest BCUT2D eigenvalue weighted by Crippen LogP contribution is 2.46.